The van der Waals surface area contributed by atoms with Gasteiger partial charge in [-0.2, -0.15) is 22.7 Å². The van der Waals surface area contributed by atoms with Gasteiger partial charge in [-0.25, -0.2) is 9.97 Å². The van der Waals surface area contributed by atoms with Gasteiger partial charge in [-0.05, 0) is 6.42 Å². The van der Waals surface area contributed by atoms with Crippen LogP contribution in [0.5, 0.6) is 0 Å². The molecule has 1 aromatic rings. The number of aromatic nitrogens is 2. The Morgan fingerprint density at radius 2 is 2.08 bits per heavy atom. The molecule has 0 bridgehead atoms. The molecule has 0 saturated carbocycles. The second kappa shape index (κ2) is 8.61. The zero-order chi connectivity index (χ0) is 18.3. The molecular formula is C11H19ClN8O3S. The van der Waals surface area contributed by atoms with Gasteiger partial charge < -0.3 is 16.4 Å². The molecule has 134 valence electrons. The standard InChI is InChI=1S/C11H19ClN8O3S/c1-4-5-14-10-8(12)17-7(9(13)18-10)11(21)15-6-16-19-24(22,23)20(2)3/h6,19H,4-5H2,1-3H3,(H3,13,14,18)(H,15,16,21). The molecule has 5 N–H and O–H groups in total. The number of nitrogens with one attached hydrogen (secondary N) is 3. The first-order valence-corrected chi connectivity index (χ1v) is 8.59. The lowest BCUT2D eigenvalue weighted by Crippen LogP contribution is -2.33. The molecule has 0 aromatic carbocycles. The minimum atomic E-state index is -3.74. The number of halogens is 1. The molecule has 0 radical (unpaired) electrons. The fourth-order valence-electron chi connectivity index (χ4n) is 1.28. The van der Waals surface area contributed by atoms with Gasteiger partial charge in [-0.1, -0.05) is 18.5 Å². The molecule has 13 heteroatoms. The Morgan fingerprint density at radius 1 is 1.42 bits per heavy atom. The number of hydrogen-bond donors (Lipinski definition) is 4. The maximum atomic E-state index is 11.9. The van der Waals surface area contributed by atoms with Crippen LogP contribution in [0.25, 0.3) is 0 Å². The Bertz CT molecular complexity index is 722. The Labute approximate surface area is 144 Å². The van der Waals surface area contributed by atoms with Crippen molar-refractivity contribution in [3.05, 3.63) is 10.8 Å². The van der Waals surface area contributed by atoms with Gasteiger partial charge in [0.15, 0.2) is 22.5 Å². The minimum absolute atomic E-state index is 0.00644. The van der Waals surface area contributed by atoms with Crippen LogP contribution < -0.4 is 21.2 Å². The number of hydrogen-bond acceptors (Lipinski definition) is 8. The van der Waals surface area contributed by atoms with Crippen LogP contribution in [0.3, 0.4) is 0 Å². The lowest BCUT2D eigenvalue weighted by molar-refractivity contribution is 0.0974. The predicted octanol–water partition coefficient (Wildman–Crippen LogP) is -0.397. The number of nitrogens with zero attached hydrogens (tertiary/aromatic N) is 4. The number of nitrogens with two attached hydrogens (primary N) is 1. The van der Waals surface area contributed by atoms with E-state index in [2.05, 4.69) is 25.7 Å². The number of rotatable bonds is 8. The summed E-state index contributed by atoms with van der Waals surface area (Å²) in [6, 6.07) is 0. The van der Waals surface area contributed by atoms with E-state index >= 15 is 0 Å². The van der Waals surface area contributed by atoms with Crippen molar-refractivity contribution >= 4 is 45.7 Å². The van der Waals surface area contributed by atoms with Gasteiger partial charge in [0.2, 0.25) is 0 Å². The molecule has 0 atom stereocenters. The van der Waals surface area contributed by atoms with E-state index in [0.29, 0.717) is 6.54 Å². The second-order valence-electron chi connectivity index (χ2n) is 4.63. The molecule has 0 spiro atoms. The third-order valence-electron chi connectivity index (χ3n) is 2.55. The van der Waals surface area contributed by atoms with Crippen molar-refractivity contribution in [1.29, 1.82) is 0 Å². The van der Waals surface area contributed by atoms with E-state index in [0.717, 1.165) is 17.1 Å². The van der Waals surface area contributed by atoms with E-state index in [9.17, 15) is 13.2 Å². The van der Waals surface area contributed by atoms with Gasteiger partial charge in [0.05, 0.1) is 0 Å². The van der Waals surface area contributed by atoms with Crippen LogP contribution in [0.15, 0.2) is 5.10 Å². The number of carbonyl (C=O) groups excluding carboxylic acids is 1. The molecule has 1 amide bonds. The molecule has 24 heavy (non-hydrogen) atoms. The molecule has 1 aromatic heterocycles. The maximum Gasteiger partial charge on any atom is 0.316 e. The van der Waals surface area contributed by atoms with E-state index in [4.69, 9.17) is 17.3 Å². The smallest absolute Gasteiger partial charge is 0.316 e. The van der Waals surface area contributed by atoms with Crippen LogP contribution in [-0.2, 0) is 10.2 Å². The highest BCUT2D eigenvalue weighted by Crippen LogP contribution is 2.20. The van der Waals surface area contributed by atoms with Crippen molar-refractivity contribution in [3.63, 3.8) is 0 Å². The van der Waals surface area contributed by atoms with Crippen molar-refractivity contribution in [1.82, 2.24) is 24.4 Å². The second-order valence-corrected chi connectivity index (χ2v) is 6.86. The first-order valence-electron chi connectivity index (χ1n) is 6.77. The first kappa shape index (κ1) is 19.9. The van der Waals surface area contributed by atoms with E-state index in [-0.39, 0.29) is 22.5 Å². The average molecular weight is 379 g/mol. The van der Waals surface area contributed by atoms with Crippen molar-refractivity contribution in [2.24, 2.45) is 5.10 Å². The van der Waals surface area contributed by atoms with Crippen LogP contribution in [0, 0.1) is 0 Å². The number of anilines is 2. The first-order chi connectivity index (χ1) is 11.2. The summed E-state index contributed by atoms with van der Waals surface area (Å²) in [6.45, 7) is 2.58. The zero-order valence-electron chi connectivity index (χ0n) is 13.4. The SMILES string of the molecule is CCCNc1nc(N)c(C(=O)N/C=N/NS(=O)(=O)N(C)C)nc1Cl. The number of nitrogen functional groups attached to an aromatic ring is 1. The van der Waals surface area contributed by atoms with Crippen molar-refractivity contribution in [3.8, 4) is 0 Å². The minimum Gasteiger partial charge on any atom is -0.382 e. The fraction of sp³-hybridized carbons (Fsp3) is 0.455. The molecule has 0 saturated heterocycles. The third kappa shape index (κ3) is 5.47. The van der Waals surface area contributed by atoms with Crippen LogP contribution >= 0.6 is 11.6 Å². The van der Waals surface area contributed by atoms with Gasteiger partial charge in [0, 0.05) is 20.6 Å². The summed E-state index contributed by atoms with van der Waals surface area (Å²) >= 11 is 5.93. The molecular weight excluding hydrogens is 360 g/mol. The van der Waals surface area contributed by atoms with E-state index in [1.54, 1.807) is 0 Å². The fourth-order valence-corrected chi connectivity index (χ4v) is 1.83. The van der Waals surface area contributed by atoms with Crippen LogP contribution in [0.4, 0.5) is 11.6 Å². The van der Waals surface area contributed by atoms with E-state index < -0.39 is 16.1 Å². The zero-order valence-corrected chi connectivity index (χ0v) is 14.9. The highest BCUT2D eigenvalue weighted by Gasteiger charge is 2.16. The monoisotopic (exact) mass is 378 g/mol. The summed E-state index contributed by atoms with van der Waals surface area (Å²) in [5.41, 5.74) is 5.48. The summed E-state index contributed by atoms with van der Waals surface area (Å²) < 4.78 is 23.7. The van der Waals surface area contributed by atoms with Gasteiger partial charge >= 0.3 is 10.2 Å². The highest BCUT2D eigenvalue weighted by molar-refractivity contribution is 7.87. The normalized spacial score (nSPS) is 11.7. The van der Waals surface area contributed by atoms with E-state index in [1.807, 2.05) is 11.8 Å². The number of hydrazone groups is 1. The topological polar surface area (TPSA) is 155 Å². The van der Waals surface area contributed by atoms with Gasteiger partial charge in [0.25, 0.3) is 5.91 Å². The Morgan fingerprint density at radius 3 is 2.67 bits per heavy atom. The molecule has 11 nitrogen and oxygen atoms in total. The Hall–Kier alpha value is -2.18. The number of carbonyl (C=O) groups is 1. The quantitative estimate of drug-likeness (QED) is 0.272. The van der Waals surface area contributed by atoms with Gasteiger partial charge in [-0.3, -0.25) is 4.79 Å². The van der Waals surface area contributed by atoms with E-state index in [1.165, 1.54) is 14.1 Å². The van der Waals surface area contributed by atoms with Gasteiger partial charge in [0.1, 0.15) is 6.34 Å². The van der Waals surface area contributed by atoms with Crippen LogP contribution in [-0.4, -0.2) is 55.6 Å². The van der Waals surface area contributed by atoms with Crippen LogP contribution in [0.1, 0.15) is 23.8 Å². The lowest BCUT2D eigenvalue weighted by Gasteiger charge is -2.10. The van der Waals surface area contributed by atoms with Crippen LogP contribution in [0.2, 0.25) is 5.15 Å². The Kier molecular flexibility index (Phi) is 7.13. The largest absolute Gasteiger partial charge is 0.382 e. The average Bonchev–Trinajstić information content (AvgIpc) is 2.51. The lowest BCUT2D eigenvalue weighted by atomic mass is 10.4. The summed E-state index contributed by atoms with van der Waals surface area (Å²) in [7, 11) is -1.09. The maximum absolute atomic E-state index is 11.9. The summed E-state index contributed by atoms with van der Waals surface area (Å²) in [4.78, 5) is 21.7. The van der Waals surface area contributed by atoms with Crippen molar-refractivity contribution < 1.29 is 13.2 Å². The molecule has 0 aliphatic carbocycles. The van der Waals surface area contributed by atoms with Crippen molar-refractivity contribution in [2.45, 2.75) is 13.3 Å². The molecule has 0 unspecified atom stereocenters. The van der Waals surface area contributed by atoms with Crippen molar-refractivity contribution in [2.75, 3.05) is 31.7 Å². The summed E-state index contributed by atoms with van der Waals surface area (Å²) in [6.07, 6.45) is 1.70. The molecule has 0 fully saturated rings. The number of amides is 1. The van der Waals surface area contributed by atoms with Gasteiger partial charge in [-0.15, -0.1) is 0 Å². The predicted molar refractivity (Wildman–Crippen MR) is 91.9 cm³/mol. The molecule has 1 rings (SSSR count). The molecule has 0 aliphatic rings. The third-order valence-corrected chi connectivity index (χ3v) is 4.11. The molecule has 0 aliphatic heterocycles. The molecule has 1 heterocycles. The highest BCUT2D eigenvalue weighted by atomic mass is 35.5. The Balaban J connectivity index is 2.77. The summed E-state index contributed by atoms with van der Waals surface area (Å²) in [5, 5.41) is 8.49. The summed E-state index contributed by atoms with van der Waals surface area (Å²) in [5.74, 6) is -0.588.